The molecule has 2 rings (SSSR count). The SMILES string of the molecule is O=[C]CN(C(=O)/C=C/c1ccccc1)N1CCC(=O)C1=O. The molecule has 1 saturated heterocycles. The highest BCUT2D eigenvalue weighted by Crippen LogP contribution is 2.11. The van der Waals surface area contributed by atoms with Crippen LogP contribution in [0.25, 0.3) is 6.08 Å². The van der Waals surface area contributed by atoms with Gasteiger partial charge in [-0.05, 0) is 11.6 Å². The Morgan fingerprint density at radius 2 is 2.00 bits per heavy atom. The molecule has 0 spiro atoms. The largest absolute Gasteiger partial charge is 0.308 e. The third kappa shape index (κ3) is 3.42. The number of nitrogens with zero attached hydrogens (tertiary/aromatic N) is 2. The quantitative estimate of drug-likeness (QED) is 0.578. The molecular weight excluding hydrogens is 272 g/mol. The van der Waals surface area contributed by atoms with Gasteiger partial charge in [0.1, 0.15) is 6.54 Å². The van der Waals surface area contributed by atoms with E-state index < -0.39 is 24.1 Å². The Hall–Kier alpha value is -2.76. The van der Waals surface area contributed by atoms with Gasteiger partial charge in [-0.25, -0.2) is 10.0 Å². The summed E-state index contributed by atoms with van der Waals surface area (Å²) < 4.78 is 0. The monoisotopic (exact) mass is 285 g/mol. The summed E-state index contributed by atoms with van der Waals surface area (Å²) in [4.78, 5) is 45.6. The summed E-state index contributed by atoms with van der Waals surface area (Å²) in [6.45, 7) is -0.290. The van der Waals surface area contributed by atoms with Gasteiger partial charge in [0.2, 0.25) is 12.1 Å². The van der Waals surface area contributed by atoms with Gasteiger partial charge in [-0.3, -0.25) is 19.2 Å². The van der Waals surface area contributed by atoms with E-state index in [0.29, 0.717) is 0 Å². The van der Waals surface area contributed by atoms with Crippen LogP contribution < -0.4 is 0 Å². The highest BCUT2D eigenvalue weighted by molar-refractivity contribution is 6.38. The zero-order chi connectivity index (χ0) is 15.2. The summed E-state index contributed by atoms with van der Waals surface area (Å²) in [5, 5.41) is 1.92. The molecular formula is C15H13N2O4. The molecule has 1 aromatic carbocycles. The molecule has 21 heavy (non-hydrogen) atoms. The average molecular weight is 285 g/mol. The predicted octanol–water partition coefficient (Wildman–Crippen LogP) is 0.355. The van der Waals surface area contributed by atoms with Crippen LogP contribution in [0.5, 0.6) is 0 Å². The summed E-state index contributed by atoms with van der Waals surface area (Å²) in [5.41, 5.74) is 0.810. The number of amides is 2. The molecule has 0 saturated carbocycles. The maximum atomic E-state index is 12.1. The van der Waals surface area contributed by atoms with E-state index in [-0.39, 0.29) is 13.0 Å². The Kier molecular flexibility index (Phi) is 4.61. The smallest absolute Gasteiger partial charge is 0.289 e. The first-order chi connectivity index (χ1) is 10.1. The van der Waals surface area contributed by atoms with Crippen LogP contribution in [0.15, 0.2) is 36.4 Å². The van der Waals surface area contributed by atoms with Crippen molar-refractivity contribution >= 4 is 30.0 Å². The molecule has 107 valence electrons. The Morgan fingerprint density at radius 1 is 1.29 bits per heavy atom. The number of carbonyl (C=O) groups excluding carboxylic acids is 4. The van der Waals surface area contributed by atoms with Crippen LogP contribution in [0.4, 0.5) is 0 Å². The molecule has 0 aliphatic carbocycles. The molecule has 1 aliphatic rings. The van der Waals surface area contributed by atoms with Gasteiger partial charge in [0.15, 0.2) is 0 Å². The molecule has 6 nitrogen and oxygen atoms in total. The minimum absolute atomic E-state index is 0.0455. The first-order valence-corrected chi connectivity index (χ1v) is 6.37. The van der Waals surface area contributed by atoms with E-state index in [1.165, 1.54) is 6.08 Å². The van der Waals surface area contributed by atoms with Crippen LogP contribution in [0.3, 0.4) is 0 Å². The van der Waals surface area contributed by atoms with E-state index in [1.54, 1.807) is 12.4 Å². The lowest BCUT2D eigenvalue weighted by molar-refractivity contribution is -0.157. The van der Waals surface area contributed by atoms with Crippen molar-refractivity contribution in [2.75, 3.05) is 13.1 Å². The van der Waals surface area contributed by atoms with Crippen LogP contribution in [0.1, 0.15) is 12.0 Å². The second-order valence-electron chi connectivity index (χ2n) is 4.39. The predicted molar refractivity (Wildman–Crippen MR) is 74.2 cm³/mol. The minimum atomic E-state index is -0.772. The van der Waals surface area contributed by atoms with E-state index >= 15 is 0 Å². The third-order valence-corrected chi connectivity index (χ3v) is 3.00. The summed E-state index contributed by atoms with van der Waals surface area (Å²) in [5.74, 6) is -1.89. The molecule has 1 aromatic rings. The van der Waals surface area contributed by atoms with E-state index in [9.17, 15) is 19.2 Å². The molecule has 1 radical (unpaired) electrons. The number of hydrazine groups is 1. The first-order valence-electron chi connectivity index (χ1n) is 6.37. The van der Waals surface area contributed by atoms with Crippen molar-refractivity contribution < 1.29 is 19.2 Å². The van der Waals surface area contributed by atoms with Gasteiger partial charge < -0.3 is 0 Å². The standard InChI is InChI=1S/C15H13N2O4/c18-11-10-16(17-9-8-13(19)15(17)21)14(20)7-6-12-4-2-1-3-5-12/h1-7H,8-10H2/b7-6+. The van der Waals surface area contributed by atoms with Crippen LogP contribution >= 0.6 is 0 Å². The van der Waals surface area contributed by atoms with Crippen molar-refractivity contribution in [3.05, 3.63) is 42.0 Å². The van der Waals surface area contributed by atoms with Gasteiger partial charge >= 0.3 is 5.91 Å². The Labute approximate surface area is 121 Å². The van der Waals surface area contributed by atoms with Gasteiger partial charge in [0.25, 0.3) is 5.91 Å². The van der Waals surface area contributed by atoms with Crippen molar-refractivity contribution in [1.29, 1.82) is 0 Å². The molecule has 0 bridgehead atoms. The normalized spacial score (nSPS) is 14.8. The fourth-order valence-corrected chi connectivity index (χ4v) is 1.95. The molecule has 0 N–H and O–H groups in total. The Morgan fingerprint density at radius 3 is 2.57 bits per heavy atom. The van der Waals surface area contributed by atoms with Gasteiger partial charge in [0.05, 0.1) is 6.54 Å². The van der Waals surface area contributed by atoms with Crippen LogP contribution in [0.2, 0.25) is 0 Å². The molecule has 1 aliphatic heterocycles. The summed E-state index contributed by atoms with van der Waals surface area (Å²) in [6.07, 6.45) is 4.45. The van der Waals surface area contributed by atoms with Crippen LogP contribution in [0, 0.1) is 0 Å². The molecule has 1 heterocycles. The first kappa shape index (κ1) is 14.6. The van der Waals surface area contributed by atoms with Gasteiger partial charge in [-0.2, -0.15) is 0 Å². The zero-order valence-electron chi connectivity index (χ0n) is 11.2. The number of hydrogen-bond donors (Lipinski definition) is 0. The molecule has 0 atom stereocenters. The van der Waals surface area contributed by atoms with E-state index in [4.69, 9.17) is 0 Å². The van der Waals surface area contributed by atoms with Crippen molar-refractivity contribution in [1.82, 2.24) is 10.0 Å². The fourth-order valence-electron chi connectivity index (χ4n) is 1.95. The fraction of sp³-hybridized carbons (Fsp3) is 0.200. The highest BCUT2D eigenvalue weighted by atomic mass is 16.2. The summed E-state index contributed by atoms with van der Waals surface area (Å²) >= 11 is 0. The van der Waals surface area contributed by atoms with Crippen molar-refractivity contribution in [3.63, 3.8) is 0 Å². The second-order valence-corrected chi connectivity index (χ2v) is 4.39. The molecule has 0 aromatic heterocycles. The third-order valence-electron chi connectivity index (χ3n) is 3.00. The summed E-state index contributed by atoms with van der Waals surface area (Å²) in [7, 11) is 0. The Bertz CT molecular complexity index is 595. The zero-order valence-corrected chi connectivity index (χ0v) is 11.2. The van der Waals surface area contributed by atoms with Gasteiger partial charge in [-0.1, -0.05) is 30.3 Å². The number of benzene rings is 1. The van der Waals surface area contributed by atoms with Gasteiger partial charge in [-0.15, -0.1) is 0 Å². The number of rotatable bonds is 5. The lowest BCUT2D eigenvalue weighted by atomic mass is 10.2. The van der Waals surface area contributed by atoms with Crippen LogP contribution in [-0.2, 0) is 19.2 Å². The number of carbonyl (C=O) groups is 3. The average Bonchev–Trinajstić information content (AvgIpc) is 2.83. The van der Waals surface area contributed by atoms with E-state index in [1.807, 2.05) is 30.3 Å². The van der Waals surface area contributed by atoms with E-state index in [0.717, 1.165) is 15.6 Å². The lowest BCUT2D eigenvalue weighted by Crippen LogP contribution is -2.48. The Balaban J connectivity index is 2.13. The maximum Gasteiger partial charge on any atom is 0.308 e. The molecule has 2 amide bonds. The molecule has 1 fully saturated rings. The van der Waals surface area contributed by atoms with Crippen molar-refractivity contribution in [3.8, 4) is 0 Å². The number of ketones is 1. The van der Waals surface area contributed by atoms with E-state index in [2.05, 4.69) is 0 Å². The maximum absolute atomic E-state index is 12.1. The molecule has 0 unspecified atom stereocenters. The summed E-state index contributed by atoms with van der Waals surface area (Å²) in [6, 6.07) is 9.11. The van der Waals surface area contributed by atoms with Crippen molar-refractivity contribution in [2.24, 2.45) is 0 Å². The van der Waals surface area contributed by atoms with Crippen molar-refractivity contribution in [2.45, 2.75) is 6.42 Å². The molecule has 6 heteroatoms. The lowest BCUT2D eigenvalue weighted by Gasteiger charge is -2.27. The second kappa shape index (κ2) is 6.60. The minimum Gasteiger partial charge on any atom is -0.289 e. The topological polar surface area (TPSA) is 74.8 Å². The van der Waals surface area contributed by atoms with Gasteiger partial charge in [0, 0.05) is 12.5 Å². The highest BCUT2D eigenvalue weighted by Gasteiger charge is 2.35. The number of hydrogen-bond acceptors (Lipinski definition) is 4. The number of Topliss-reactive ketones (excluding diaryl/α,β-unsaturated/α-hetero) is 1. The van der Waals surface area contributed by atoms with Crippen LogP contribution in [-0.4, -0.2) is 47.0 Å².